The van der Waals surface area contributed by atoms with Crippen LogP contribution in [-0.2, 0) is 11.2 Å². The van der Waals surface area contributed by atoms with Gasteiger partial charge in [-0.15, -0.1) is 0 Å². The van der Waals surface area contributed by atoms with E-state index < -0.39 is 0 Å². The number of aryl methyl sites for hydroxylation is 2. The lowest BCUT2D eigenvalue weighted by Gasteiger charge is -2.26. The average Bonchev–Trinajstić information content (AvgIpc) is 2.69. The number of pyridine rings is 2. The summed E-state index contributed by atoms with van der Waals surface area (Å²) >= 11 is 0. The molecule has 0 spiro atoms. The summed E-state index contributed by atoms with van der Waals surface area (Å²) in [6, 6.07) is 5.33. The largest absolute Gasteiger partial charge is 0.379 e. The molecule has 0 aromatic carbocycles. The van der Waals surface area contributed by atoms with Gasteiger partial charge >= 0.3 is 0 Å². The van der Waals surface area contributed by atoms with E-state index in [1.54, 1.807) is 18.3 Å². The van der Waals surface area contributed by atoms with Gasteiger partial charge < -0.3 is 15.0 Å². The van der Waals surface area contributed by atoms with E-state index >= 15 is 0 Å². The van der Waals surface area contributed by atoms with Crippen LogP contribution >= 0.6 is 0 Å². The third kappa shape index (κ3) is 4.81. The number of carbonyl (C=O) groups is 1. The van der Waals surface area contributed by atoms with Gasteiger partial charge in [0.05, 0.1) is 18.9 Å². The Hall–Kier alpha value is -2.51. The number of carbonyl (C=O) groups excluding carboxylic acids is 1. The SMILES string of the molecule is CCc1cc(-c2cc(C(=O)NCCN3CCOCC3)ccn2)c(C)[nH]c1=O. The van der Waals surface area contributed by atoms with Gasteiger partial charge in [-0.25, -0.2) is 0 Å². The standard InChI is InChI=1S/C20H26N4O3/c1-3-15-12-17(14(2)23-20(15)26)18-13-16(4-5-21-18)19(25)22-6-7-24-8-10-27-11-9-24/h4-5,12-13H,3,6-11H2,1-2H3,(H,22,25)(H,23,26). The smallest absolute Gasteiger partial charge is 0.251 e. The van der Waals surface area contributed by atoms with Crippen LogP contribution in [0.2, 0.25) is 0 Å². The molecule has 2 N–H and O–H groups in total. The minimum atomic E-state index is -0.121. The quantitative estimate of drug-likeness (QED) is 0.802. The highest BCUT2D eigenvalue weighted by atomic mass is 16.5. The van der Waals surface area contributed by atoms with Gasteiger partial charge in [-0.3, -0.25) is 19.5 Å². The average molecular weight is 370 g/mol. The highest BCUT2D eigenvalue weighted by Gasteiger charge is 2.13. The van der Waals surface area contributed by atoms with Crippen LogP contribution < -0.4 is 10.9 Å². The van der Waals surface area contributed by atoms with Gasteiger partial charge in [0.15, 0.2) is 0 Å². The van der Waals surface area contributed by atoms with Crippen molar-refractivity contribution in [3.63, 3.8) is 0 Å². The molecule has 3 rings (SSSR count). The van der Waals surface area contributed by atoms with Crippen molar-refractivity contribution in [3.05, 3.63) is 51.6 Å². The highest BCUT2D eigenvalue weighted by molar-refractivity contribution is 5.95. The van der Waals surface area contributed by atoms with Crippen LogP contribution in [0.25, 0.3) is 11.3 Å². The second-order valence-corrected chi connectivity index (χ2v) is 6.66. The van der Waals surface area contributed by atoms with E-state index in [-0.39, 0.29) is 11.5 Å². The Bertz CT molecular complexity index is 857. The molecule has 0 aliphatic carbocycles. The fourth-order valence-electron chi connectivity index (χ4n) is 3.17. The topological polar surface area (TPSA) is 87.3 Å². The number of hydrogen-bond acceptors (Lipinski definition) is 5. The highest BCUT2D eigenvalue weighted by Crippen LogP contribution is 2.21. The maximum atomic E-state index is 12.5. The fourth-order valence-corrected chi connectivity index (χ4v) is 3.17. The first-order chi connectivity index (χ1) is 13.1. The Morgan fingerprint density at radius 3 is 2.85 bits per heavy atom. The van der Waals surface area contributed by atoms with Gasteiger partial charge in [0.2, 0.25) is 0 Å². The molecular weight excluding hydrogens is 344 g/mol. The molecule has 3 heterocycles. The van der Waals surface area contributed by atoms with Crippen LogP contribution in [0.15, 0.2) is 29.2 Å². The van der Waals surface area contributed by atoms with Crippen molar-refractivity contribution in [3.8, 4) is 11.3 Å². The zero-order valence-electron chi connectivity index (χ0n) is 15.9. The summed E-state index contributed by atoms with van der Waals surface area (Å²) in [4.78, 5) is 33.9. The molecule has 0 radical (unpaired) electrons. The first-order valence-corrected chi connectivity index (χ1v) is 9.36. The number of hydrogen-bond donors (Lipinski definition) is 2. The zero-order valence-corrected chi connectivity index (χ0v) is 15.9. The summed E-state index contributed by atoms with van der Waals surface area (Å²) < 4.78 is 5.33. The summed E-state index contributed by atoms with van der Waals surface area (Å²) in [6.07, 6.45) is 2.27. The molecule has 2 aromatic heterocycles. The van der Waals surface area contributed by atoms with E-state index in [1.807, 2.05) is 19.9 Å². The van der Waals surface area contributed by atoms with Gasteiger partial charge in [0.25, 0.3) is 11.5 Å². The molecule has 1 aliphatic heterocycles. The van der Waals surface area contributed by atoms with Gasteiger partial charge in [-0.2, -0.15) is 0 Å². The molecule has 7 heteroatoms. The second-order valence-electron chi connectivity index (χ2n) is 6.66. The van der Waals surface area contributed by atoms with Crippen molar-refractivity contribution in [2.24, 2.45) is 0 Å². The van der Waals surface area contributed by atoms with Gasteiger partial charge in [0, 0.05) is 54.8 Å². The molecule has 7 nitrogen and oxygen atoms in total. The zero-order chi connectivity index (χ0) is 19.2. The third-order valence-electron chi connectivity index (χ3n) is 4.81. The number of amides is 1. The number of nitrogens with one attached hydrogen (secondary N) is 2. The lowest BCUT2D eigenvalue weighted by Crippen LogP contribution is -2.41. The van der Waals surface area contributed by atoms with Gasteiger partial charge in [0.1, 0.15) is 0 Å². The summed E-state index contributed by atoms with van der Waals surface area (Å²) in [5.74, 6) is -0.121. The Morgan fingerprint density at radius 2 is 2.11 bits per heavy atom. The molecule has 0 bridgehead atoms. The number of aromatic nitrogens is 2. The lowest BCUT2D eigenvalue weighted by molar-refractivity contribution is 0.0383. The monoisotopic (exact) mass is 370 g/mol. The number of rotatable bonds is 6. The van der Waals surface area contributed by atoms with E-state index in [2.05, 4.69) is 20.2 Å². The van der Waals surface area contributed by atoms with Crippen LogP contribution in [0.3, 0.4) is 0 Å². The second kappa shape index (κ2) is 8.92. The predicted octanol–water partition coefficient (Wildman–Crippen LogP) is 1.37. The summed E-state index contributed by atoms with van der Waals surface area (Å²) in [5.41, 5.74) is 3.46. The number of aromatic amines is 1. The summed E-state index contributed by atoms with van der Waals surface area (Å²) in [6.45, 7) is 8.49. The van der Waals surface area contributed by atoms with E-state index in [9.17, 15) is 9.59 Å². The van der Waals surface area contributed by atoms with Crippen molar-refractivity contribution in [2.45, 2.75) is 20.3 Å². The number of morpholine rings is 1. The Labute approximate surface area is 158 Å². The Morgan fingerprint density at radius 1 is 1.33 bits per heavy atom. The Kier molecular flexibility index (Phi) is 6.36. The number of ether oxygens (including phenoxy) is 1. The fraction of sp³-hybridized carbons (Fsp3) is 0.450. The third-order valence-corrected chi connectivity index (χ3v) is 4.81. The van der Waals surface area contributed by atoms with Crippen LogP contribution in [0.4, 0.5) is 0 Å². The lowest BCUT2D eigenvalue weighted by atomic mass is 10.0. The van der Waals surface area contributed by atoms with Crippen molar-refractivity contribution >= 4 is 5.91 Å². The molecule has 0 saturated carbocycles. The first kappa shape index (κ1) is 19.3. The normalized spacial score (nSPS) is 14.9. The van der Waals surface area contributed by atoms with E-state index in [0.717, 1.165) is 44.1 Å². The van der Waals surface area contributed by atoms with Gasteiger partial charge in [-0.1, -0.05) is 6.92 Å². The van der Waals surface area contributed by atoms with Crippen molar-refractivity contribution < 1.29 is 9.53 Å². The molecule has 1 amide bonds. The minimum absolute atomic E-state index is 0.0734. The molecule has 1 aliphatic rings. The molecule has 0 atom stereocenters. The van der Waals surface area contributed by atoms with Crippen molar-refractivity contribution in [2.75, 3.05) is 39.4 Å². The number of H-pyrrole nitrogens is 1. The molecular formula is C20H26N4O3. The Balaban J connectivity index is 1.69. The summed E-state index contributed by atoms with van der Waals surface area (Å²) in [7, 11) is 0. The maximum absolute atomic E-state index is 12.5. The predicted molar refractivity (Wildman–Crippen MR) is 104 cm³/mol. The molecule has 0 unspecified atom stereocenters. The van der Waals surface area contributed by atoms with E-state index in [1.165, 1.54) is 0 Å². The van der Waals surface area contributed by atoms with Gasteiger partial charge in [-0.05, 0) is 31.5 Å². The molecule has 27 heavy (non-hydrogen) atoms. The number of nitrogens with zero attached hydrogens (tertiary/aromatic N) is 2. The van der Waals surface area contributed by atoms with Crippen LogP contribution in [0.1, 0.15) is 28.5 Å². The molecule has 2 aromatic rings. The van der Waals surface area contributed by atoms with E-state index in [0.29, 0.717) is 29.8 Å². The minimum Gasteiger partial charge on any atom is -0.379 e. The molecule has 144 valence electrons. The van der Waals surface area contributed by atoms with Crippen molar-refractivity contribution in [1.29, 1.82) is 0 Å². The van der Waals surface area contributed by atoms with E-state index in [4.69, 9.17) is 4.74 Å². The van der Waals surface area contributed by atoms with Crippen molar-refractivity contribution in [1.82, 2.24) is 20.2 Å². The molecule has 1 saturated heterocycles. The first-order valence-electron chi connectivity index (χ1n) is 9.36. The molecule has 1 fully saturated rings. The van der Waals surface area contributed by atoms with Crippen LogP contribution in [0.5, 0.6) is 0 Å². The summed E-state index contributed by atoms with van der Waals surface area (Å²) in [5, 5.41) is 2.96. The maximum Gasteiger partial charge on any atom is 0.251 e. The van der Waals surface area contributed by atoms with Crippen LogP contribution in [-0.4, -0.2) is 60.2 Å². The van der Waals surface area contributed by atoms with Crippen LogP contribution in [0, 0.1) is 6.92 Å².